The first-order valence-corrected chi connectivity index (χ1v) is 5.54. The Bertz CT molecular complexity index is 416. The highest BCUT2D eigenvalue weighted by Crippen LogP contribution is 2.17. The van der Waals surface area contributed by atoms with E-state index >= 15 is 0 Å². The third-order valence-electron chi connectivity index (χ3n) is 2.30. The lowest BCUT2D eigenvalue weighted by atomic mass is 10.2. The van der Waals surface area contributed by atoms with Gasteiger partial charge in [0.15, 0.2) is 0 Å². The second kappa shape index (κ2) is 6.16. The summed E-state index contributed by atoms with van der Waals surface area (Å²) in [6.07, 6.45) is 6.99. The van der Waals surface area contributed by atoms with Crippen LogP contribution in [0.4, 0.5) is 0 Å². The summed E-state index contributed by atoms with van der Waals surface area (Å²) in [5, 5.41) is 0. The molecule has 0 saturated heterocycles. The Balaban J connectivity index is 2.94. The van der Waals surface area contributed by atoms with Crippen LogP contribution in [0.25, 0.3) is 6.08 Å². The summed E-state index contributed by atoms with van der Waals surface area (Å²) in [6, 6.07) is 1.72. The molecule has 1 heterocycles. The molecule has 0 atom stereocenters. The molecule has 16 heavy (non-hydrogen) atoms. The number of hydrogen-bond donors (Lipinski definition) is 0. The van der Waals surface area contributed by atoms with Crippen molar-refractivity contribution < 1.29 is 9.15 Å². The third kappa shape index (κ3) is 3.26. The monoisotopic (exact) mass is 222 g/mol. The van der Waals surface area contributed by atoms with Crippen LogP contribution in [-0.4, -0.2) is 7.11 Å². The summed E-state index contributed by atoms with van der Waals surface area (Å²) in [5.74, 6) is 1.13. The van der Waals surface area contributed by atoms with Gasteiger partial charge in [-0.25, -0.2) is 4.79 Å². The van der Waals surface area contributed by atoms with Crippen LogP contribution in [-0.2, 0) is 0 Å². The number of ether oxygens (including phenoxy) is 1. The van der Waals surface area contributed by atoms with Crippen molar-refractivity contribution in [3.05, 3.63) is 33.9 Å². The summed E-state index contributed by atoms with van der Waals surface area (Å²) in [6.45, 7) is 3.86. The third-order valence-corrected chi connectivity index (χ3v) is 2.30. The number of rotatable bonds is 5. The highest BCUT2D eigenvalue weighted by atomic mass is 16.5. The molecule has 0 spiro atoms. The Morgan fingerprint density at radius 1 is 1.50 bits per heavy atom. The quantitative estimate of drug-likeness (QED) is 0.718. The second-order valence-corrected chi connectivity index (χ2v) is 3.67. The van der Waals surface area contributed by atoms with Gasteiger partial charge >= 0.3 is 5.63 Å². The van der Waals surface area contributed by atoms with Crippen molar-refractivity contribution in [1.29, 1.82) is 0 Å². The zero-order valence-electron chi connectivity index (χ0n) is 10.1. The second-order valence-electron chi connectivity index (χ2n) is 3.67. The fourth-order valence-corrected chi connectivity index (χ4v) is 1.44. The zero-order chi connectivity index (χ0) is 12.0. The largest absolute Gasteiger partial charge is 0.496 e. The van der Waals surface area contributed by atoms with Crippen LogP contribution in [0.1, 0.15) is 37.5 Å². The molecule has 0 aliphatic rings. The van der Waals surface area contributed by atoms with Crippen LogP contribution in [0.3, 0.4) is 0 Å². The lowest BCUT2D eigenvalue weighted by molar-refractivity contribution is 0.395. The van der Waals surface area contributed by atoms with E-state index in [-0.39, 0.29) is 5.63 Å². The fraction of sp³-hybridized carbons (Fsp3) is 0.462. The van der Waals surface area contributed by atoms with Crippen LogP contribution in [0.5, 0.6) is 5.75 Å². The van der Waals surface area contributed by atoms with E-state index in [4.69, 9.17) is 9.15 Å². The summed E-state index contributed by atoms with van der Waals surface area (Å²) in [4.78, 5) is 11.6. The lowest BCUT2D eigenvalue weighted by Crippen LogP contribution is -2.06. The first kappa shape index (κ1) is 12.6. The molecule has 0 bridgehead atoms. The van der Waals surface area contributed by atoms with Gasteiger partial charge in [-0.1, -0.05) is 25.8 Å². The highest BCUT2D eigenvalue weighted by Gasteiger charge is 2.07. The van der Waals surface area contributed by atoms with Crippen LogP contribution in [0.2, 0.25) is 0 Å². The van der Waals surface area contributed by atoms with Crippen molar-refractivity contribution >= 4 is 6.08 Å². The van der Waals surface area contributed by atoms with Crippen LogP contribution >= 0.6 is 0 Å². The Labute approximate surface area is 95.7 Å². The molecule has 0 N–H and O–H groups in total. The Morgan fingerprint density at radius 3 is 2.88 bits per heavy atom. The molecular weight excluding hydrogens is 204 g/mol. The molecule has 1 aromatic rings. The van der Waals surface area contributed by atoms with E-state index in [1.54, 1.807) is 26.2 Å². The molecule has 0 amide bonds. The molecule has 0 unspecified atom stereocenters. The van der Waals surface area contributed by atoms with Gasteiger partial charge in [0.25, 0.3) is 0 Å². The number of allylic oxidation sites excluding steroid dienone is 1. The van der Waals surface area contributed by atoms with Crippen LogP contribution in [0, 0.1) is 6.92 Å². The van der Waals surface area contributed by atoms with E-state index < -0.39 is 0 Å². The van der Waals surface area contributed by atoms with E-state index in [1.165, 1.54) is 0 Å². The summed E-state index contributed by atoms with van der Waals surface area (Å²) in [5.41, 5.74) is 0.147. The first-order valence-electron chi connectivity index (χ1n) is 5.54. The molecular formula is C13H18O3. The molecule has 0 fully saturated rings. The van der Waals surface area contributed by atoms with Gasteiger partial charge in [0.05, 0.1) is 7.11 Å². The van der Waals surface area contributed by atoms with Crippen molar-refractivity contribution in [2.75, 3.05) is 7.11 Å². The van der Waals surface area contributed by atoms with Gasteiger partial charge < -0.3 is 9.15 Å². The first-order chi connectivity index (χ1) is 7.69. The van der Waals surface area contributed by atoms with E-state index in [2.05, 4.69) is 6.92 Å². The normalized spacial score (nSPS) is 10.9. The fourth-order valence-electron chi connectivity index (χ4n) is 1.44. The van der Waals surface area contributed by atoms with Crippen molar-refractivity contribution in [1.82, 2.24) is 0 Å². The topological polar surface area (TPSA) is 39.4 Å². The summed E-state index contributed by atoms with van der Waals surface area (Å²) in [7, 11) is 1.55. The Morgan fingerprint density at radius 2 is 2.25 bits per heavy atom. The van der Waals surface area contributed by atoms with Gasteiger partial charge in [-0.3, -0.25) is 0 Å². The Hall–Kier alpha value is -1.51. The maximum Gasteiger partial charge on any atom is 0.346 e. The van der Waals surface area contributed by atoms with Gasteiger partial charge in [-0.05, 0) is 19.4 Å². The maximum absolute atomic E-state index is 11.6. The smallest absolute Gasteiger partial charge is 0.346 e. The molecule has 0 aromatic carbocycles. The average molecular weight is 222 g/mol. The molecule has 0 radical (unpaired) electrons. The zero-order valence-corrected chi connectivity index (χ0v) is 10.1. The minimum Gasteiger partial charge on any atom is -0.496 e. The SMILES string of the molecule is CCCC/C=C/c1c(OC)cc(C)oc1=O. The number of hydrogen-bond acceptors (Lipinski definition) is 3. The van der Waals surface area contributed by atoms with Crippen LogP contribution < -0.4 is 10.4 Å². The number of aryl methyl sites for hydroxylation is 1. The predicted molar refractivity (Wildman–Crippen MR) is 64.8 cm³/mol. The van der Waals surface area contributed by atoms with Gasteiger partial charge in [-0.2, -0.15) is 0 Å². The maximum atomic E-state index is 11.6. The summed E-state index contributed by atoms with van der Waals surface area (Å²) < 4.78 is 10.2. The van der Waals surface area contributed by atoms with Crippen molar-refractivity contribution in [2.24, 2.45) is 0 Å². The van der Waals surface area contributed by atoms with Gasteiger partial charge in [0, 0.05) is 6.07 Å². The lowest BCUT2D eigenvalue weighted by Gasteiger charge is -2.03. The van der Waals surface area contributed by atoms with Gasteiger partial charge in [0.1, 0.15) is 17.1 Å². The standard InChI is InChI=1S/C13H18O3/c1-4-5-6-7-8-11-12(15-3)9-10(2)16-13(11)14/h7-9H,4-6H2,1-3H3/b8-7+. The minimum absolute atomic E-state index is 0.343. The van der Waals surface area contributed by atoms with E-state index in [9.17, 15) is 4.79 Å². The molecule has 0 saturated carbocycles. The molecule has 0 aliphatic carbocycles. The minimum atomic E-state index is -0.343. The van der Waals surface area contributed by atoms with Crippen molar-refractivity contribution in [3.63, 3.8) is 0 Å². The van der Waals surface area contributed by atoms with Crippen LogP contribution in [0.15, 0.2) is 21.4 Å². The van der Waals surface area contributed by atoms with E-state index in [0.29, 0.717) is 17.1 Å². The predicted octanol–water partition coefficient (Wildman–Crippen LogP) is 3.16. The average Bonchev–Trinajstić information content (AvgIpc) is 2.26. The number of unbranched alkanes of at least 4 members (excludes halogenated alkanes) is 2. The van der Waals surface area contributed by atoms with Gasteiger partial charge in [-0.15, -0.1) is 0 Å². The Kier molecular flexibility index (Phi) is 4.83. The molecule has 0 aliphatic heterocycles. The van der Waals surface area contributed by atoms with Gasteiger partial charge in [0.2, 0.25) is 0 Å². The van der Waals surface area contributed by atoms with Crippen molar-refractivity contribution in [2.45, 2.75) is 33.1 Å². The number of methoxy groups -OCH3 is 1. The molecule has 3 nitrogen and oxygen atoms in total. The van der Waals surface area contributed by atoms with E-state index in [1.807, 2.05) is 6.08 Å². The van der Waals surface area contributed by atoms with Crippen molar-refractivity contribution in [3.8, 4) is 5.75 Å². The molecule has 88 valence electrons. The molecule has 1 rings (SSSR count). The van der Waals surface area contributed by atoms with E-state index in [0.717, 1.165) is 19.3 Å². The molecule has 3 heteroatoms. The summed E-state index contributed by atoms with van der Waals surface area (Å²) >= 11 is 0. The molecule has 1 aromatic heterocycles. The highest BCUT2D eigenvalue weighted by molar-refractivity contribution is 5.55.